The number of anilines is 1. The minimum absolute atomic E-state index is 0.185. The molecule has 0 saturated heterocycles. The van der Waals surface area contributed by atoms with Crippen LogP contribution in [0.25, 0.3) is 10.9 Å². The molecular formula is C15H20N4O4. The van der Waals surface area contributed by atoms with Crippen molar-refractivity contribution in [1.29, 1.82) is 0 Å². The van der Waals surface area contributed by atoms with E-state index in [4.69, 9.17) is 10.5 Å². The van der Waals surface area contributed by atoms with Crippen molar-refractivity contribution < 1.29 is 14.3 Å². The topological polar surface area (TPSA) is 119 Å². The van der Waals surface area contributed by atoms with Gasteiger partial charge in [-0.25, -0.2) is 4.79 Å². The van der Waals surface area contributed by atoms with Crippen LogP contribution in [0.15, 0.2) is 23.0 Å². The Balaban J connectivity index is 2.32. The van der Waals surface area contributed by atoms with E-state index >= 15 is 0 Å². The number of benzene rings is 1. The van der Waals surface area contributed by atoms with Gasteiger partial charge in [-0.05, 0) is 39.0 Å². The van der Waals surface area contributed by atoms with Gasteiger partial charge in [-0.3, -0.25) is 14.7 Å². The highest BCUT2D eigenvalue weighted by atomic mass is 16.6. The minimum atomic E-state index is -0.679. The number of nitrogens with two attached hydrogens (primary N) is 1. The molecule has 2 aromatic rings. The highest BCUT2D eigenvalue weighted by molar-refractivity contribution is 5.89. The molecule has 0 saturated carbocycles. The Hall–Kier alpha value is -2.77. The third-order valence-electron chi connectivity index (χ3n) is 2.97. The summed E-state index contributed by atoms with van der Waals surface area (Å²) < 4.78 is 6.34. The number of primary amides is 1. The molecule has 1 aromatic heterocycles. The van der Waals surface area contributed by atoms with Gasteiger partial charge in [0.2, 0.25) is 5.91 Å². The second kappa shape index (κ2) is 6.15. The molecule has 0 atom stereocenters. The highest BCUT2D eigenvalue weighted by Crippen LogP contribution is 2.18. The fraction of sp³-hybridized carbons (Fsp3) is 0.400. The van der Waals surface area contributed by atoms with Gasteiger partial charge < -0.3 is 15.8 Å². The van der Waals surface area contributed by atoms with E-state index in [1.54, 1.807) is 39.0 Å². The van der Waals surface area contributed by atoms with Gasteiger partial charge in [0.25, 0.3) is 5.56 Å². The summed E-state index contributed by atoms with van der Waals surface area (Å²) in [7, 11) is 0. The predicted octanol–water partition coefficient (Wildman–Crippen LogP) is 1.40. The number of rotatable bonds is 4. The van der Waals surface area contributed by atoms with Crippen LogP contribution in [-0.2, 0) is 9.53 Å². The molecule has 124 valence electrons. The van der Waals surface area contributed by atoms with Crippen LogP contribution in [0.1, 0.15) is 27.2 Å². The Labute approximate surface area is 132 Å². The number of hydrogen-bond donors (Lipinski definition) is 3. The van der Waals surface area contributed by atoms with Crippen LogP contribution in [-0.4, -0.2) is 33.9 Å². The summed E-state index contributed by atoms with van der Waals surface area (Å²) in [4.78, 5) is 34.9. The summed E-state index contributed by atoms with van der Waals surface area (Å²) in [5.41, 5.74) is 5.08. The molecule has 1 amide bonds. The maximum absolute atomic E-state index is 12.2. The van der Waals surface area contributed by atoms with E-state index in [0.717, 1.165) is 4.68 Å². The van der Waals surface area contributed by atoms with Crippen molar-refractivity contribution in [3.8, 4) is 0 Å². The Morgan fingerprint density at radius 3 is 2.65 bits per heavy atom. The van der Waals surface area contributed by atoms with Crippen LogP contribution in [0.5, 0.6) is 0 Å². The zero-order chi connectivity index (χ0) is 17.2. The lowest BCUT2D eigenvalue weighted by Crippen LogP contribution is -2.28. The van der Waals surface area contributed by atoms with Crippen molar-refractivity contribution in [2.75, 3.05) is 11.9 Å². The molecule has 4 N–H and O–H groups in total. The van der Waals surface area contributed by atoms with Gasteiger partial charge in [-0.1, -0.05) is 0 Å². The summed E-state index contributed by atoms with van der Waals surface area (Å²) in [6, 6.07) is 4.93. The second-order valence-electron chi connectivity index (χ2n) is 6.13. The molecule has 8 nitrogen and oxygen atoms in total. The molecule has 0 fully saturated rings. The highest BCUT2D eigenvalue weighted by Gasteiger charge is 2.20. The van der Waals surface area contributed by atoms with E-state index in [0.29, 0.717) is 23.1 Å². The summed E-state index contributed by atoms with van der Waals surface area (Å²) in [5.74, 6) is -0.411. The van der Waals surface area contributed by atoms with Crippen molar-refractivity contribution in [3.63, 3.8) is 0 Å². The zero-order valence-corrected chi connectivity index (χ0v) is 13.3. The van der Waals surface area contributed by atoms with E-state index in [1.165, 1.54) is 0 Å². The summed E-state index contributed by atoms with van der Waals surface area (Å²) >= 11 is 0. The third-order valence-corrected chi connectivity index (χ3v) is 2.97. The van der Waals surface area contributed by atoms with Crippen LogP contribution in [0.4, 0.5) is 10.5 Å². The molecule has 0 bridgehead atoms. The van der Waals surface area contributed by atoms with Gasteiger partial charge in [-0.2, -0.15) is 4.68 Å². The van der Waals surface area contributed by atoms with Gasteiger partial charge in [0.05, 0.1) is 10.9 Å². The molecule has 8 heteroatoms. The zero-order valence-electron chi connectivity index (χ0n) is 13.3. The van der Waals surface area contributed by atoms with Gasteiger partial charge >= 0.3 is 6.09 Å². The summed E-state index contributed by atoms with van der Waals surface area (Å²) in [6.45, 7) is 5.59. The predicted molar refractivity (Wildman–Crippen MR) is 86.5 cm³/mol. The van der Waals surface area contributed by atoms with Gasteiger partial charge in [0.1, 0.15) is 5.60 Å². The van der Waals surface area contributed by atoms with E-state index < -0.39 is 17.6 Å². The number of aromatic nitrogens is 2. The van der Waals surface area contributed by atoms with Crippen molar-refractivity contribution >= 4 is 28.6 Å². The number of aromatic amines is 1. The molecule has 0 aliphatic rings. The Bertz CT molecular complexity index is 798. The van der Waals surface area contributed by atoms with Crippen LogP contribution in [0.2, 0.25) is 0 Å². The molecule has 23 heavy (non-hydrogen) atoms. The van der Waals surface area contributed by atoms with E-state index in [9.17, 15) is 14.4 Å². The molecule has 0 aliphatic carbocycles. The Morgan fingerprint density at radius 2 is 2.04 bits per heavy atom. The quantitative estimate of drug-likeness (QED) is 0.786. The Morgan fingerprint density at radius 1 is 1.35 bits per heavy atom. The second-order valence-corrected chi connectivity index (χ2v) is 6.13. The number of carbonyl (C=O) groups is 2. The fourth-order valence-electron chi connectivity index (χ4n) is 2.02. The first-order valence-corrected chi connectivity index (χ1v) is 7.18. The van der Waals surface area contributed by atoms with E-state index in [1.807, 2.05) is 0 Å². The Kier molecular flexibility index (Phi) is 4.44. The lowest BCUT2D eigenvalue weighted by atomic mass is 10.2. The lowest BCUT2D eigenvalue weighted by molar-refractivity contribution is -0.117. The SMILES string of the molecule is CC(C)(C)OC(=O)n1[nH]c(=O)c2ccc(NCCC(N)=O)cc21. The molecule has 0 aliphatic heterocycles. The van der Waals surface area contributed by atoms with Crippen LogP contribution in [0.3, 0.4) is 0 Å². The average molecular weight is 320 g/mol. The third kappa shape index (κ3) is 4.12. The van der Waals surface area contributed by atoms with E-state index in [-0.39, 0.29) is 12.0 Å². The molecule has 1 aromatic carbocycles. The number of H-pyrrole nitrogens is 1. The first-order chi connectivity index (χ1) is 10.7. The number of amides is 1. The van der Waals surface area contributed by atoms with Gasteiger partial charge in [-0.15, -0.1) is 0 Å². The maximum Gasteiger partial charge on any atom is 0.434 e. The molecule has 1 heterocycles. The molecule has 2 rings (SSSR count). The fourth-order valence-corrected chi connectivity index (χ4v) is 2.02. The first kappa shape index (κ1) is 16.6. The van der Waals surface area contributed by atoms with Gasteiger partial charge in [0.15, 0.2) is 0 Å². The van der Waals surface area contributed by atoms with Crippen molar-refractivity contribution in [3.05, 3.63) is 28.6 Å². The van der Waals surface area contributed by atoms with Crippen molar-refractivity contribution in [1.82, 2.24) is 9.78 Å². The van der Waals surface area contributed by atoms with Crippen LogP contribution >= 0.6 is 0 Å². The van der Waals surface area contributed by atoms with E-state index in [2.05, 4.69) is 10.4 Å². The molecule has 0 spiro atoms. The van der Waals surface area contributed by atoms with Crippen LogP contribution in [0, 0.1) is 0 Å². The number of fused-ring (bicyclic) bond motifs is 1. The monoisotopic (exact) mass is 320 g/mol. The molecule has 0 radical (unpaired) electrons. The number of ether oxygens (including phenoxy) is 1. The summed E-state index contributed by atoms with van der Waals surface area (Å²) in [6.07, 6.45) is -0.483. The summed E-state index contributed by atoms with van der Waals surface area (Å²) in [5, 5.41) is 5.84. The lowest BCUT2D eigenvalue weighted by Gasteiger charge is -2.19. The average Bonchev–Trinajstić information content (AvgIpc) is 2.74. The molecular weight excluding hydrogens is 300 g/mol. The number of hydrogen-bond acceptors (Lipinski definition) is 5. The largest absolute Gasteiger partial charge is 0.442 e. The van der Waals surface area contributed by atoms with Crippen molar-refractivity contribution in [2.24, 2.45) is 5.73 Å². The molecule has 0 unspecified atom stereocenters. The van der Waals surface area contributed by atoms with Crippen molar-refractivity contribution in [2.45, 2.75) is 32.8 Å². The first-order valence-electron chi connectivity index (χ1n) is 7.18. The number of nitrogens with zero attached hydrogens (tertiary/aromatic N) is 1. The van der Waals surface area contributed by atoms with Gasteiger partial charge in [0, 0.05) is 18.7 Å². The maximum atomic E-state index is 12.2. The number of carbonyl (C=O) groups excluding carboxylic acids is 2. The smallest absolute Gasteiger partial charge is 0.434 e. The number of nitrogens with one attached hydrogen (secondary N) is 2. The standard InChI is InChI=1S/C15H20N4O4/c1-15(2,3)23-14(22)19-11-8-9(17-7-6-12(16)20)4-5-10(11)13(21)18-19/h4-5,8,17H,6-7H2,1-3H3,(H2,16,20)(H,18,21). The normalized spacial score (nSPS) is 11.4. The minimum Gasteiger partial charge on any atom is -0.442 e. The van der Waals surface area contributed by atoms with Crippen LogP contribution < -0.4 is 16.6 Å².